The van der Waals surface area contributed by atoms with Crippen LogP contribution in [0.15, 0.2) is 72.8 Å². The fourth-order valence-electron chi connectivity index (χ4n) is 2.68. The minimum Gasteiger partial charge on any atom is -0.707 e. The number of benzene rings is 2. The third kappa shape index (κ3) is 15.7. The Balaban J connectivity index is 0.000000496. The van der Waals surface area contributed by atoms with Gasteiger partial charge in [0.1, 0.15) is 7.05 Å². The van der Waals surface area contributed by atoms with E-state index in [2.05, 4.69) is 84.8 Å². The number of alkyl halides is 2. The SMILES string of the molecule is COS(=O)(=O)OC.CS(=O)(=O)O[O-].Cc1ccc2ccccc2[n+]1C.Cc1ccc2ccccc2n1.ClCCl. The van der Waals surface area contributed by atoms with Crippen molar-refractivity contribution in [3.05, 3.63) is 84.2 Å². The lowest BCUT2D eigenvalue weighted by Crippen LogP contribution is -2.32. The number of nitrogens with zero attached hydrogens (tertiary/aromatic N) is 2. The molecule has 2 aromatic carbocycles. The number of hydrogen-bond donors (Lipinski definition) is 0. The zero-order valence-corrected chi connectivity index (χ0v) is 25.5. The first-order chi connectivity index (χ1) is 18.2. The lowest BCUT2D eigenvalue weighted by Gasteiger charge is -1.97. The molecule has 14 heteroatoms. The van der Waals surface area contributed by atoms with E-state index in [4.69, 9.17) is 28.5 Å². The summed E-state index contributed by atoms with van der Waals surface area (Å²) in [6.07, 6.45) is 0.681. The predicted molar refractivity (Wildman–Crippen MR) is 152 cm³/mol. The number of para-hydroxylation sites is 2. The number of pyridine rings is 2. The average molecular weight is 624 g/mol. The summed E-state index contributed by atoms with van der Waals surface area (Å²) in [5.41, 5.74) is 4.72. The normalized spacial score (nSPS) is 10.5. The topological polar surface area (TPSA) is 136 Å². The van der Waals surface area contributed by atoms with Crippen LogP contribution in [0.5, 0.6) is 0 Å². The second kappa shape index (κ2) is 18.8. The predicted octanol–water partition coefficient (Wildman–Crippen LogP) is 3.70. The van der Waals surface area contributed by atoms with Crippen molar-refractivity contribution >= 4 is 65.5 Å². The summed E-state index contributed by atoms with van der Waals surface area (Å²) in [5.74, 6) is 0. The van der Waals surface area contributed by atoms with Gasteiger partial charge in [0, 0.05) is 35.5 Å². The highest BCUT2D eigenvalue weighted by Gasteiger charge is 2.05. The number of aryl methyl sites for hydroxylation is 3. The van der Waals surface area contributed by atoms with E-state index in [9.17, 15) is 16.8 Å². The van der Waals surface area contributed by atoms with Crippen molar-refractivity contribution in [1.82, 2.24) is 4.98 Å². The van der Waals surface area contributed by atoms with Crippen molar-refractivity contribution in [2.24, 2.45) is 7.05 Å². The average Bonchev–Trinajstić information content (AvgIpc) is 2.92. The Morgan fingerprint density at radius 1 is 0.821 bits per heavy atom. The van der Waals surface area contributed by atoms with E-state index in [1.54, 1.807) is 0 Å². The van der Waals surface area contributed by atoms with E-state index in [1.807, 2.05) is 31.2 Å². The van der Waals surface area contributed by atoms with Crippen LogP contribution in [0.1, 0.15) is 11.4 Å². The molecule has 2 aromatic heterocycles. The maximum absolute atomic E-state index is 9.92. The fraction of sp³-hybridized carbons (Fsp3) is 0.280. The second-order valence-corrected chi connectivity index (χ2v) is 11.2. The number of aromatic nitrogens is 2. The van der Waals surface area contributed by atoms with Crippen LogP contribution >= 0.6 is 23.2 Å². The van der Waals surface area contributed by atoms with Gasteiger partial charge in [-0.05, 0) is 31.2 Å². The quantitative estimate of drug-likeness (QED) is 0.145. The maximum atomic E-state index is 9.92. The standard InChI is InChI=1S/C11H12N.C10H9N.C2H6O4S.CH2Cl2.CH4O4S/c1-9-7-8-10-5-3-4-6-11(10)12(9)2;1-8-6-7-9-4-2-3-5-10(9)11-8;1-5-7(3,4)6-2;2-1-3;1-6(3,4)5-2/h3-8H,1-2H3;2-7H,1H3;1-2H3;1H2;2H,1H3/q+1;;;;/p-1. The Labute approximate surface area is 240 Å². The Morgan fingerprint density at radius 3 is 1.77 bits per heavy atom. The van der Waals surface area contributed by atoms with E-state index >= 15 is 0 Å². The molecule has 0 unspecified atom stereocenters. The van der Waals surface area contributed by atoms with Crippen LogP contribution in [0.2, 0.25) is 0 Å². The summed E-state index contributed by atoms with van der Waals surface area (Å²) in [4.78, 5) is 4.38. The van der Waals surface area contributed by atoms with Gasteiger partial charge in [0.25, 0.3) is 10.1 Å². The van der Waals surface area contributed by atoms with Crippen LogP contribution in [0.3, 0.4) is 0 Å². The van der Waals surface area contributed by atoms with E-state index in [1.165, 1.54) is 22.0 Å². The molecule has 0 fully saturated rings. The van der Waals surface area contributed by atoms with E-state index < -0.39 is 20.5 Å². The Hall–Kier alpha value is -2.42. The lowest BCUT2D eigenvalue weighted by atomic mass is 10.2. The fourth-order valence-corrected chi connectivity index (χ4v) is 2.82. The van der Waals surface area contributed by atoms with Crippen molar-refractivity contribution in [2.45, 2.75) is 13.8 Å². The molecule has 4 rings (SSSR count). The molecule has 39 heavy (non-hydrogen) atoms. The summed E-state index contributed by atoms with van der Waals surface area (Å²) in [7, 11) is -3.23. The van der Waals surface area contributed by atoms with Gasteiger partial charge >= 0.3 is 10.4 Å². The van der Waals surface area contributed by atoms with Crippen molar-refractivity contribution < 1.29 is 39.4 Å². The molecule has 0 spiro atoms. The number of hydrogen-bond acceptors (Lipinski definition) is 9. The number of halogens is 2. The van der Waals surface area contributed by atoms with Gasteiger partial charge in [-0.15, -0.1) is 23.2 Å². The molecular weight excluding hydrogens is 591 g/mol. The smallest absolute Gasteiger partial charge is 0.399 e. The molecule has 0 aliphatic carbocycles. The lowest BCUT2D eigenvalue weighted by molar-refractivity contribution is -0.651. The maximum Gasteiger partial charge on any atom is 0.399 e. The first-order valence-corrected chi connectivity index (χ1v) is 15.1. The van der Waals surface area contributed by atoms with Gasteiger partial charge in [0.2, 0.25) is 5.52 Å². The first kappa shape index (κ1) is 36.6. The van der Waals surface area contributed by atoms with Gasteiger partial charge in [-0.25, -0.2) is 8.42 Å². The van der Waals surface area contributed by atoms with Gasteiger partial charge in [0.15, 0.2) is 5.69 Å². The number of rotatable bonds is 3. The van der Waals surface area contributed by atoms with E-state index in [0.29, 0.717) is 6.26 Å². The summed E-state index contributed by atoms with van der Waals surface area (Å²) < 4.78 is 51.3. The molecule has 0 saturated carbocycles. The third-order valence-corrected chi connectivity index (χ3v) is 5.66. The molecule has 0 saturated heterocycles. The highest BCUT2D eigenvalue weighted by molar-refractivity contribution is 7.85. The first-order valence-electron chi connectivity index (χ1n) is 10.9. The van der Waals surface area contributed by atoms with Crippen LogP contribution in [0.4, 0.5) is 0 Å². The van der Waals surface area contributed by atoms with Crippen molar-refractivity contribution in [3.63, 3.8) is 0 Å². The van der Waals surface area contributed by atoms with Gasteiger partial charge in [-0.2, -0.15) is 13.0 Å². The minimum atomic E-state index is -3.72. The van der Waals surface area contributed by atoms with E-state index in [-0.39, 0.29) is 5.34 Å². The highest BCUT2D eigenvalue weighted by Crippen LogP contribution is 2.10. The molecule has 0 bridgehead atoms. The van der Waals surface area contributed by atoms with Crippen molar-refractivity contribution in [1.29, 1.82) is 0 Å². The van der Waals surface area contributed by atoms with Gasteiger partial charge in [-0.3, -0.25) is 13.4 Å². The molecule has 0 radical (unpaired) electrons. The van der Waals surface area contributed by atoms with Crippen LogP contribution in [0, 0.1) is 13.8 Å². The van der Waals surface area contributed by atoms with Crippen molar-refractivity contribution in [2.75, 3.05) is 25.8 Å². The van der Waals surface area contributed by atoms with Crippen molar-refractivity contribution in [3.8, 4) is 0 Å². The second-order valence-electron chi connectivity index (χ2n) is 7.35. The summed E-state index contributed by atoms with van der Waals surface area (Å²) in [6, 6.07) is 25.0. The molecule has 2 heterocycles. The third-order valence-electron chi connectivity index (χ3n) is 4.60. The number of fused-ring (bicyclic) bond motifs is 2. The zero-order chi connectivity index (χ0) is 30.1. The van der Waals surface area contributed by atoms with Crippen LogP contribution in [0.25, 0.3) is 21.8 Å². The van der Waals surface area contributed by atoms with Crippen LogP contribution in [-0.4, -0.2) is 47.6 Å². The van der Waals surface area contributed by atoms with Gasteiger partial charge in [-0.1, -0.05) is 36.4 Å². The molecule has 10 nitrogen and oxygen atoms in total. The van der Waals surface area contributed by atoms with Crippen LogP contribution < -0.4 is 9.82 Å². The molecule has 0 aliphatic rings. The molecule has 216 valence electrons. The molecular formula is C25H32Cl2N2O8S2. The van der Waals surface area contributed by atoms with Gasteiger partial charge < -0.3 is 9.59 Å². The molecule has 4 aromatic rings. The van der Waals surface area contributed by atoms with Gasteiger partial charge in [0.05, 0.1) is 31.3 Å². The summed E-state index contributed by atoms with van der Waals surface area (Å²) >= 11 is 9.53. The van der Waals surface area contributed by atoms with Crippen LogP contribution in [-0.2, 0) is 40.3 Å². The largest absolute Gasteiger partial charge is 0.707 e. The Morgan fingerprint density at radius 2 is 1.28 bits per heavy atom. The van der Waals surface area contributed by atoms with E-state index in [0.717, 1.165) is 25.4 Å². The highest BCUT2D eigenvalue weighted by atomic mass is 35.5. The minimum absolute atomic E-state index is 0.194. The molecule has 0 aliphatic heterocycles. The molecule has 0 atom stereocenters. The summed E-state index contributed by atoms with van der Waals surface area (Å²) in [6.45, 7) is 4.12. The zero-order valence-electron chi connectivity index (χ0n) is 22.4. The summed E-state index contributed by atoms with van der Waals surface area (Å²) in [5, 5.41) is 11.6. The monoisotopic (exact) mass is 622 g/mol. The Bertz CT molecular complexity index is 1490. The molecule has 0 N–H and O–H groups in total. The Kier molecular flexibility index (Phi) is 17.6. The molecule has 0 amide bonds.